The summed E-state index contributed by atoms with van der Waals surface area (Å²) in [5, 5.41) is 7.59. The molecule has 3 rings (SSSR count). The molecule has 1 aliphatic rings. The van der Waals surface area contributed by atoms with Crippen molar-refractivity contribution >= 4 is 21.8 Å². The minimum atomic E-state index is -0.0537. The third-order valence-corrected chi connectivity index (χ3v) is 3.30. The van der Waals surface area contributed by atoms with Gasteiger partial charge in [0.05, 0.1) is 5.56 Å². The van der Waals surface area contributed by atoms with Gasteiger partial charge in [-0.25, -0.2) is 0 Å². The summed E-state index contributed by atoms with van der Waals surface area (Å²) < 4.78 is 17.1. The molecule has 0 atom stereocenters. The second-order valence-electron chi connectivity index (χ2n) is 4.17. The fourth-order valence-electron chi connectivity index (χ4n) is 1.87. The molecule has 6 heteroatoms. The van der Waals surface area contributed by atoms with Crippen LogP contribution in [0.3, 0.4) is 0 Å². The third kappa shape index (κ3) is 2.42. The molecule has 0 aliphatic carbocycles. The highest BCUT2D eigenvalue weighted by Gasteiger charge is 2.15. The highest BCUT2D eigenvalue weighted by molar-refractivity contribution is 9.10. The standard InChI is InChI=1S/C14H11BrN2O3/c15-8-1-3-11(10(5-8)14(16)17)20-9-2-4-12-13(6-9)19-7-18-12/h1-6H,7H2,(H3,16,17). The van der Waals surface area contributed by atoms with Gasteiger partial charge in [0.25, 0.3) is 0 Å². The Morgan fingerprint density at radius 3 is 2.75 bits per heavy atom. The molecule has 1 aliphatic heterocycles. The van der Waals surface area contributed by atoms with E-state index >= 15 is 0 Å². The van der Waals surface area contributed by atoms with Gasteiger partial charge in [-0.05, 0) is 30.3 Å². The SMILES string of the molecule is N=C(N)c1cc(Br)ccc1Oc1ccc2c(c1)OCO2. The summed E-state index contributed by atoms with van der Waals surface area (Å²) in [5.74, 6) is 2.39. The van der Waals surface area contributed by atoms with E-state index in [0.717, 1.165) is 4.47 Å². The summed E-state index contributed by atoms with van der Waals surface area (Å²) in [7, 11) is 0. The lowest BCUT2D eigenvalue weighted by atomic mass is 10.2. The van der Waals surface area contributed by atoms with Gasteiger partial charge in [0, 0.05) is 10.5 Å². The van der Waals surface area contributed by atoms with Crippen molar-refractivity contribution in [3.63, 3.8) is 0 Å². The van der Waals surface area contributed by atoms with E-state index in [1.54, 1.807) is 30.3 Å². The van der Waals surface area contributed by atoms with E-state index < -0.39 is 0 Å². The second kappa shape index (κ2) is 5.05. The summed E-state index contributed by atoms with van der Waals surface area (Å²) >= 11 is 3.35. The van der Waals surface area contributed by atoms with Crippen molar-refractivity contribution < 1.29 is 14.2 Å². The maximum absolute atomic E-state index is 7.59. The number of ether oxygens (including phenoxy) is 3. The smallest absolute Gasteiger partial charge is 0.231 e. The molecule has 2 aromatic carbocycles. The van der Waals surface area contributed by atoms with E-state index in [0.29, 0.717) is 28.6 Å². The first-order valence-electron chi connectivity index (χ1n) is 5.85. The van der Waals surface area contributed by atoms with Crippen LogP contribution in [0.1, 0.15) is 5.56 Å². The molecule has 102 valence electrons. The Balaban J connectivity index is 1.93. The van der Waals surface area contributed by atoms with Crippen LogP contribution in [-0.2, 0) is 0 Å². The Labute approximate surface area is 123 Å². The minimum Gasteiger partial charge on any atom is -0.456 e. The summed E-state index contributed by atoms with van der Waals surface area (Å²) in [6.45, 7) is 0.218. The summed E-state index contributed by atoms with van der Waals surface area (Å²) in [5.41, 5.74) is 6.09. The molecule has 0 unspecified atom stereocenters. The molecule has 2 aromatic rings. The molecular weight excluding hydrogens is 324 g/mol. The topological polar surface area (TPSA) is 77.6 Å². The van der Waals surface area contributed by atoms with Gasteiger partial charge < -0.3 is 19.9 Å². The van der Waals surface area contributed by atoms with Crippen LogP contribution < -0.4 is 19.9 Å². The molecule has 0 spiro atoms. The summed E-state index contributed by atoms with van der Waals surface area (Å²) in [6.07, 6.45) is 0. The Morgan fingerprint density at radius 1 is 1.15 bits per heavy atom. The molecule has 3 N–H and O–H groups in total. The Hall–Kier alpha value is -2.21. The largest absolute Gasteiger partial charge is 0.456 e. The van der Waals surface area contributed by atoms with E-state index in [4.69, 9.17) is 25.4 Å². The maximum atomic E-state index is 7.59. The van der Waals surface area contributed by atoms with Crippen molar-refractivity contribution in [2.75, 3.05) is 6.79 Å². The van der Waals surface area contributed by atoms with Crippen LogP contribution in [0.15, 0.2) is 40.9 Å². The average Bonchev–Trinajstić information content (AvgIpc) is 2.88. The maximum Gasteiger partial charge on any atom is 0.231 e. The van der Waals surface area contributed by atoms with Crippen LogP contribution in [0, 0.1) is 5.41 Å². The molecule has 0 fully saturated rings. The lowest BCUT2D eigenvalue weighted by Crippen LogP contribution is -2.12. The van der Waals surface area contributed by atoms with Crippen molar-refractivity contribution in [2.45, 2.75) is 0 Å². The van der Waals surface area contributed by atoms with Crippen LogP contribution in [0.4, 0.5) is 0 Å². The van der Waals surface area contributed by atoms with Gasteiger partial charge in [0.15, 0.2) is 11.5 Å². The normalized spacial score (nSPS) is 12.2. The van der Waals surface area contributed by atoms with Gasteiger partial charge in [-0.1, -0.05) is 15.9 Å². The van der Waals surface area contributed by atoms with Crippen molar-refractivity contribution in [3.8, 4) is 23.0 Å². The molecule has 1 heterocycles. The molecular formula is C14H11BrN2O3. The van der Waals surface area contributed by atoms with Gasteiger partial charge in [0.2, 0.25) is 6.79 Å². The second-order valence-corrected chi connectivity index (χ2v) is 5.09. The first-order valence-corrected chi connectivity index (χ1v) is 6.64. The number of amidine groups is 1. The first kappa shape index (κ1) is 12.8. The quantitative estimate of drug-likeness (QED) is 0.667. The Morgan fingerprint density at radius 2 is 1.95 bits per heavy atom. The first-order chi connectivity index (χ1) is 9.63. The summed E-state index contributed by atoms with van der Waals surface area (Å²) in [4.78, 5) is 0. The Kier molecular flexibility index (Phi) is 3.23. The van der Waals surface area contributed by atoms with Crippen molar-refractivity contribution in [2.24, 2.45) is 5.73 Å². The molecule has 0 saturated carbocycles. The molecule has 0 radical (unpaired) electrons. The number of hydrogen-bond donors (Lipinski definition) is 2. The van der Waals surface area contributed by atoms with Crippen LogP contribution in [0.2, 0.25) is 0 Å². The van der Waals surface area contributed by atoms with Gasteiger partial charge in [-0.3, -0.25) is 5.41 Å². The van der Waals surface area contributed by atoms with E-state index in [1.165, 1.54) is 0 Å². The zero-order valence-corrected chi connectivity index (χ0v) is 11.9. The molecule has 20 heavy (non-hydrogen) atoms. The monoisotopic (exact) mass is 334 g/mol. The van der Waals surface area contributed by atoms with Crippen molar-refractivity contribution in [1.82, 2.24) is 0 Å². The molecule has 0 saturated heterocycles. The Bertz CT molecular complexity index is 688. The fraction of sp³-hybridized carbons (Fsp3) is 0.0714. The number of benzene rings is 2. The van der Waals surface area contributed by atoms with Gasteiger partial charge in [-0.2, -0.15) is 0 Å². The zero-order valence-electron chi connectivity index (χ0n) is 10.4. The predicted octanol–water partition coefficient (Wildman–Crippen LogP) is 3.25. The van der Waals surface area contributed by atoms with Crippen molar-refractivity contribution in [1.29, 1.82) is 5.41 Å². The van der Waals surface area contributed by atoms with E-state index in [2.05, 4.69) is 15.9 Å². The number of nitrogens with one attached hydrogen (secondary N) is 1. The van der Waals surface area contributed by atoms with E-state index in [9.17, 15) is 0 Å². The molecule has 5 nitrogen and oxygen atoms in total. The van der Waals surface area contributed by atoms with E-state index in [-0.39, 0.29) is 12.6 Å². The number of nitrogen functional groups attached to an aromatic ring is 1. The lowest BCUT2D eigenvalue weighted by molar-refractivity contribution is 0.174. The highest BCUT2D eigenvalue weighted by Crippen LogP contribution is 2.37. The zero-order chi connectivity index (χ0) is 14.1. The van der Waals surface area contributed by atoms with Crippen LogP contribution in [-0.4, -0.2) is 12.6 Å². The number of rotatable bonds is 3. The van der Waals surface area contributed by atoms with Crippen molar-refractivity contribution in [3.05, 3.63) is 46.4 Å². The third-order valence-electron chi connectivity index (χ3n) is 2.80. The lowest BCUT2D eigenvalue weighted by Gasteiger charge is -2.11. The highest BCUT2D eigenvalue weighted by atomic mass is 79.9. The van der Waals surface area contributed by atoms with Gasteiger partial charge in [0.1, 0.15) is 17.3 Å². The fourth-order valence-corrected chi connectivity index (χ4v) is 2.23. The number of nitrogens with two attached hydrogens (primary N) is 1. The van der Waals surface area contributed by atoms with E-state index in [1.807, 2.05) is 6.07 Å². The average molecular weight is 335 g/mol. The van der Waals surface area contributed by atoms with Crippen LogP contribution in [0.25, 0.3) is 0 Å². The minimum absolute atomic E-state index is 0.0537. The summed E-state index contributed by atoms with van der Waals surface area (Å²) in [6, 6.07) is 10.6. The number of fused-ring (bicyclic) bond motifs is 1. The molecule has 0 aromatic heterocycles. The molecule has 0 bridgehead atoms. The predicted molar refractivity (Wildman–Crippen MR) is 77.8 cm³/mol. The number of halogens is 1. The van der Waals surface area contributed by atoms with Gasteiger partial charge >= 0.3 is 0 Å². The molecule has 0 amide bonds. The van der Waals surface area contributed by atoms with Gasteiger partial charge in [-0.15, -0.1) is 0 Å². The number of hydrogen-bond acceptors (Lipinski definition) is 4. The van der Waals surface area contributed by atoms with Crippen LogP contribution >= 0.6 is 15.9 Å². The van der Waals surface area contributed by atoms with Crippen LogP contribution in [0.5, 0.6) is 23.0 Å².